The lowest BCUT2D eigenvalue weighted by Gasteiger charge is -2.40. The lowest BCUT2D eigenvalue weighted by molar-refractivity contribution is -0.0209. The number of likely N-dealkylation sites (N-methyl/N-ethyl adjacent to an activating group) is 1. The first-order valence-corrected chi connectivity index (χ1v) is 8.68. The maximum atomic E-state index is 12.8. The molecule has 1 aromatic rings. The van der Waals surface area contributed by atoms with E-state index in [1.807, 2.05) is 11.8 Å². The minimum absolute atomic E-state index is 0.0721. The van der Waals surface area contributed by atoms with Crippen LogP contribution in [0.2, 0.25) is 0 Å². The zero-order chi connectivity index (χ0) is 17.4. The zero-order valence-electron chi connectivity index (χ0n) is 15.0. The molecule has 0 unspecified atom stereocenters. The second kappa shape index (κ2) is 6.73. The summed E-state index contributed by atoms with van der Waals surface area (Å²) in [5.41, 5.74) is 1.40. The molecule has 1 aromatic carbocycles. The summed E-state index contributed by atoms with van der Waals surface area (Å²) in [5, 5.41) is 9.65. The number of carbonyl (C=O) groups is 1. The number of benzene rings is 1. The zero-order valence-corrected chi connectivity index (χ0v) is 15.0. The minimum Gasteiger partial charge on any atom is -0.508 e. The first-order valence-electron chi connectivity index (χ1n) is 8.68. The summed E-state index contributed by atoms with van der Waals surface area (Å²) in [5.74, 6) is 1.38. The van der Waals surface area contributed by atoms with Crippen LogP contribution in [0, 0.1) is 18.8 Å². The topological polar surface area (TPSA) is 53.0 Å². The fourth-order valence-electron chi connectivity index (χ4n) is 4.32. The summed E-state index contributed by atoms with van der Waals surface area (Å²) in [4.78, 5) is 17.0. The minimum atomic E-state index is 0.0721. The Morgan fingerprint density at radius 1 is 1.25 bits per heavy atom. The van der Waals surface area contributed by atoms with Crippen LogP contribution in [0.3, 0.4) is 0 Å². The number of hydrogen-bond donors (Lipinski definition) is 1. The molecular formula is C19H28N2O3. The molecule has 0 spiro atoms. The highest BCUT2D eigenvalue weighted by Crippen LogP contribution is 2.39. The molecule has 0 radical (unpaired) electrons. The standard InChI is InChI=1S/C19H28N2O3/c1-12-7-13(5-6-17(12)22)19(23)21-10-14-8-16(20(2)3)18(24-4)9-15(14)11-21/h5-7,14-16,18,22H,8-11H2,1-4H3/t14-,15+,16-,18-/m1/s1. The molecule has 1 saturated heterocycles. The molecule has 24 heavy (non-hydrogen) atoms. The fraction of sp³-hybridized carbons (Fsp3) is 0.632. The van der Waals surface area contributed by atoms with Gasteiger partial charge in [-0.2, -0.15) is 0 Å². The molecule has 5 nitrogen and oxygen atoms in total. The van der Waals surface area contributed by atoms with Crippen molar-refractivity contribution >= 4 is 5.91 Å². The van der Waals surface area contributed by atoms with Crippen molar-refractivity contribution in [3.8, 4) is 5.75 Å². The molecule has 1 N–H and O–H groups in total. The van der Waals surface area contributed by atoms with Crippen LogP contribution in [0.25, 0.3) is 0 Å². The van der Waals surface area contributed by atoms with E-state index in [2.05, 4.69) is 19.0 Å². The Bertz CT molecular complexity index is 617. The predicted molar refractivity (Wildman–Crippen MR) is 93.2 cm³/mol. The molecule has 132 valence electrons. The average Bonchev–Trinajstić information content (AvgIpc) is 2.98. The summed E-state index contributed by atoms with van der Waals surface area (Å²) in [7, 11) is 6.00. The van der Waals surface area contributed by atoms with Crippen LogP contribution < -0.4 is 0 Å². The van der Waals surface area contributed by atoms with Crippen molar-refractivity contribution in [2.45, 2.75) is 31.9 Å². The number of amides is 1. The van der Waals surface area contributed by atoms with E-state index in [1.165, 1.54) is 0 Å². The molecule has 2 fully saturated rings. The third-order valence-corrected chi connectivity index (χ3v) is 5.78. The number of aromatic hydroxyl groups is 1. The number of carbonyl (C=O) groups excluding carboxylic acids is 1. The Balaban J connectivity index is 1.72. The second-order valence-electron chi connectivity index (χ2n) is 7.51. The second-order valence-corrected chi connectivity index (χ2v) is 7.51. The number of likely N-dealkylation sites (tertiary alicyclic amines) is 1. The van der Waals surface area contributed by atoms with E-state index in [0.717, 1.165) is 31.5 Å². The molecule has 0 aromatic heterocycles. The van der Waals surface area contributed by atoms with Gasteiger partial charge >= 0.3 is 0 Å². The van der Waals surface area contributed by atoms with Gasteiger partial charge in [-0.25, -0.2) is 0 Å². The molecule has 4 atom stereocenters. The molecule has 1 heterocycles. The number of fused-ring (bicyclic) bond motifs is 1. The van der Waals surface area contributed by atoms with Crippen LogP contribution in [0.1, 0.15) is 28.8 Å². The van der Waals surface area contributed by atoms with Crippen molar-refractivity contribution in [3.05, 3.63) is 29.3 Å². The van der Waals surface area contributed by atoms with E-state index in [9.17, 15) is 9.90 Å². The normalized spacial score (nSPS) is 29.8. The molecule has 1 saturated carbocycles. The van der Waals surface area contributed by atoms with Gasteiger partial charge in [0, 0.05) is 31.8 Å². The summed E-state index contributed by atoms with van der Waals surface area (Å²) >= 11 is 0. The van der Waals surface area contributed by atoms with Crippen LogP contribution >= 0.6 is 0 Å². The van der Waals surface area contributed by atoms with Crippen molar-refractivity contribution < 1.29 is 14.6 Å². The number of phenolic OH excluding ortho intramolecular Hbond substituents is 1. The largest absolute Gasteiger partial charge is 0.508 e. The van der Waals surface area contributed by atoms with Gasteiger partial charge in [-0.15, -0.1) is 0 Å². The average molecular weight is 332 g/mol. The Hall–Kier alpha value is -1.59. The van der Waals surface area contributed by atoms with Crippen LogP contribution in [0.5, 0.6) is 5.75 Å². The van der Waals surface area contributed by atoms with Crippen molar-refractivity contribution in [2.24, 2.45) is 11.8 Å². The molecule has 2 aliphatic rings. The molecule has 0 bridgehead atoms. The predicted octanol–water partition coefficient (Wildman–Crippen LogP) is 2.13. The molecule has 1 aliphatic carbocycles. The van der Waals surface area contributed by atoms with Gasteiger partial charge in [-0.1, -0.05) is 0 Å². The van der Waals surface area contributed by atoms with Gasteiger partial charge in [0.05, 0.1) is 6.10 Å². The third kappa shape index (κ3) is 3.15. The Labute approximate surface area is 144 Å². The quantitative estimate of drug-likeness (QED) is 0.921. The summed E-state index contributed by atoms with van der Waals surface area (Å²) in [6, 6.07) is 5.52. The lowest BCUT2D eigenvalue weighted by Crippen LogP contribution is -2.47. The fourth-order valence-corrected chi connectivity index (χ4v) is 4.32. The highest BCUT2D eigenvalue weighted by atomic mass is 16.5. The molecule has 3 rings (SSSR count). The van der Waals surface area contributed by atoms with Gasteiger partial charge < -0.3 is 19.6 Å². The van der Waals surface area contributed by atoms with Crippen LogP contribution in [-0.4, -0.2) is 67.3 Å². The van der Waals surface area contributed by atoms with Crippen LogP contribution in [0.15, 0.2) is 18.2 Å². The third-order valence-electron chi connectivity index (χ3n) is 5.78. The van der Waals surface area contributed by atoms with Crippen LogP contribution in [-0.2, 0) is 4.74 Å². The monoisotopic (exact) mass is 332 g/mol. The van der Waals surface area contributed by atoms with Crippen molar-refractivity contribution in [1.29, 1.82) is 0 Å². The molecule has 5 heteroatoms. The Morgan fingerprint density at radius 3 is 2.50 bits per heavy atom. The lowest BCUT2D eigenvalue weighted by atomic mass is 9.77. The van der Waals surface area contributed by atoms with Crippen LogP contribution in [0.4, 0.5) is 0 Å². The van der Waals surface area contributed by atoms with E-state index >= 15 is 0 Å². The SMILES string of the molecule is CO[C@@H]1C[C@H]2CN(C(=O)c3ccc(O)c(C)c3)C[C@H]2C[C@H]1N(C)C. The number of phenols is 1. The van der Waals surface area contributed by atoms with Gasteiger partial charge in [0.25, 0.3) is 5.91 Å². The summed E-state index contributed by atoms with van der Waals surface area (Å²) in [6.07, 6.45) is 2.34. The van der Waals surface area contributed by atoms with Gasteiger partial charge in [0.2, 0.25) is 0 Å². The van der Waals surface area contributed by atoms with Crippen molar-refractivity contribution in [1.82, 2.24) is 9.80 Å². The smallest absolute Gasteiger partial charge is 0.253 e. The molecule has 1 aliphatic heterocycles. The van der Waals surface area contributed by atoms with Gasteiger partial charge in [-0.05, 0) is 69.5 Å². The molecular weight excluding hydrogens is 304 g/mol. The molecule has 1 amide bonds. The Kier molecular flexibility index (Phi) is 4.83. The summed E-state index contributed by atoms with van der Waals surface area (Å²) in [6.45, 7) is 3.45. The van der Waals surface area contributed by atoms with Gasteiger partial charge in [0.1, 0.15) is 5.75 Å². The van der Waals surface area contributed by atoms with E-state index in [-0.39, 0.29) is 17.8 Å². The van der Waals surface area contributed by atoms with E-state index in [1.54, 1.807) is 25.3 Å². The first kappa shape index (κ1) is 17.2. The first-order chi connectivity index (χ1) is 11.4. The Morgan fingerprint density at radius 2 is 1.92 bits per heavy atom. The maximum absolute atomic E-state index is 12.8. The maximum Gasteiger partial charge on any atom is 0.253 e. The van der Waals surface area contributed by atoms with Gasteiger partial charge in [0.15, 0.2) is 0 Å². The summed E-state index contributed by atoms with van der Waals surface area (Å²) < 4.78 is 5.71. The van der Waals surface area contributed by atoms with E-state index < -0.39 is 0 Å². The van der Waals surface area contributed by atoms with E-state index in [4.69, 9.17) is 4.74 Å². The number of hydrogen-bond acceptors (Lipinski definition) is 4. The number of rotatable bonds is 3. The number of aryl methyl sites for hydroxylation is 1. The highest BCUT2D eigenvalue weighted by Gasteiger charge is 2.44. The highest BCUT2D eigenvalue weighted by molar-refractivity contribution is 5.94. The van der Waals surface area contributed by atoms with Crippen molar-refractivity contribution in [3.63, 3.8) is 0 Å². The number of ether oxygens (including phenoxy) is 1. The van der Waals surface area contributed by atoms with Crippen molar-refractivity contribution in [2.75, 3.05) is 34.3 Å². The van der Waals surface area contributed by atoms with Gasteiger partial charge in [-0.3, -0.25) is 4.79 Å². The number of methoxy groups -OCH3 is 1. The van der Waals surface area contributed by atoms with E-state index in [0.29, 0.717) is 23.4 Å². The number of nitrogens with zero attached hydrogens (tertiary/aromatic N) is 2.